The van der Waals surface area contributed by atoms with Crippen molar-refractivity contribution in [3.63, 3.8) is 0 Å². The Bertz CT molecular complexity index is 2710. The monoisotopic (exact) mass is 977 g/mol. The molecule has 2 saturated heterocycles. The molecule has 368 valence electrons. The van der Waals surface area contributed by atoms with Gasteiger partial charge in [-0.2, -0.15) is 13.5 Å². The highest BCUT2D eigenvalue weighted by Crippen LogP contribution is 2.40. The number of nitroso groups, excluding NO2 is 1. The number of nitrogens with one attached hydrogen (secondary N) is 2. The molecule has 67 heavy (non-hydrogen) atoms. The summed E-state index contributed by atoms with van der Waals surface area (Å²) in [5.41, 5.74) is 2.18. The molecular formula is C46H63F4N9O6S2. The predicted octanol–water partition coefficient (Wildman–Crippen LogP) is 8.29. The van der Waals surface area contributed by atoms with E-state index >= 15 is 0 Å². The Kier molecular flexibility index (Phi) is 13.2. The van der Waals surface area contributed by atoms with E-state index in [1.54, 1.807) is 36.4 Å². The molecule has 2 N–H and O–H groups in total. The molecule has 3 aliphatic carbocycles. The molecule has 0 atom stereocenters. The van der Waals surface area contributed by atoms with Crippen LogP contribution in [0.4, 0.5) is 22.4 Å². The molecule has 0 radical (unpaired) electrons. The minimum absolute atomic E-state index is 0.0918. The first-order valence-electron chi connectivity index (χ1n) is 23.4. The van der Waals surface area contributed by atoms with E-state index in [1.165, 1.54) is 8.61 Å². The van der Waals surface area contributed by atoms with Crippen LogP contribution in [0.2, 0.25) is 0 Å². The molecule has 0 unspecified atom stereocenters. The number of carbonyl (C=O) groups is 1. The van der Waals surface area contributed by atoms with E-state index < -0.39 is 37.9 Å². The van der Waals surface area contributed by atoms with Gasteiger partial charge in [-0.05, 0) is 86.8 Å². The summed E-state index contributed by atoms with van der Waals surface area (Å²) in [7, 11) is -7.44. The Labute approximate surface area is 389 Å². The molecule has 3 saturated carbocycles. The van der Waals surface area contributed by atoms with Crippen molar-refractivity contribution < 1.29 is 39.2 Å². The van der Waals surface area contributed by atoms with E-state index in [4.69, 9.17) is 9.97 Å². The molecule has 9 rings (SSSR count). The minimum atomic E-state index is -3.72. The van der Waals surface area contributed by atoms with Crippen LogP contribution in [0.3, 0.4) is 0 Å². The lowest BCUT2D eigenvalue weighted by atomic mass is 9.86. The first-order chi connectivity index (χ1) is 31.2. The van der Waals surface area contributed by atoms with Crippen molar-refractivity contribution in [3.05, 3.63) is 53.0 Å². The van der Waals surface area contributed by atoms with E-state index in [9.17, 15) is 44.1 Å². The molecule has 2 aromatic heterocycles. The molecule has 21 heteroatoms. The maximum absolute atomic E-state index is 13.7. The van der Waals surface area contributed by atoms with Crippen molar-refractivity contribution in [2.24, 2.45) is 17.0 Å². The lowest BCUT2D eigenvalue weighted by Gasteiger charge is -2.38. The second-order valence-corrected chi connectivity index (χ2v) is 25.4. The van der Waals surface area contributed by atoms with Gasteiger partial charge in [0.1, 0.15) is 17.7 Å². The van der Waals surface area contributed by atoms with Crippen molar-refractivity contribution >= 4 is 48.1 Å². The van der Waals surface area contributed by atoms with Crippen LogP contribution in [0.15, 0.2) is 51.4 Å². The van der Waals surface area contributed by atoms with Gasteiger partial charge in [0.05, 0.1) is 37.9 Å². The normalized spacial score (nSPS) is 21.6. The van der Waals surface area contributed by atoms with Crippen molar-refractivity contribution in [1.82, 2.24) is 38.3 Å². The fraction of sp³-hybridized carbons (Fsp3) is 0.674. The van der Waals surface area contributed by atoms with Crippen molar-refractivity contribution in [2.75, 3.05) is 26.2 Å². The number of nitrogens with zero attached hydrogens (tertiary/aromatic N) is 7. The molecule has 2 aromatic carbocycles. The van der Waals surface area contributed by atoms with Crippen LogP contribution in [0.25, 0.3) is 22.1 Å². The highest BCUT2D eigenvalue weighted by molar-refractivity contribution is 7.89. The number of alkyl halides is 4. The van der Waals surface area contributed by atoms with E-state index in [1.807, 2.05) is 41.5 Å². The molecule has 5 aliphatic rings. The zero-order chi connectivity index (χ0) is 48.5. The van der Waals surface area contributed by atoms with Crippen molar-refractivity contribution in [2.45, 2.75) is 169 Å². The van der Waals surface area contributed by atoms with Gasteiger partial charge in [-0.1, -0.05) is 46.7 Å². The first-order valence-corrected chi connectivity index (χ1v) is 26.3. The third-order valence-corrected chi connectivity index (χ3v) is 17.3. The second-order valence-electron chi connectivity index (χ2n) is 21.5. The van der Waals surface area contributed by atoms with Crippen LogP contribution in [0, 0.1) is 16.7 Å². The predicted molar refractivity (Wildman–Crippen MR) is 246 cm³/mol. The molecule has 15 nitrogen and oxygen atoms in total. The maximum atomic E-state index is 13.7. The number of benzene rings is 2. The molecule has 4 aromatic rings. The van der Waals surface area contributed by atoms with Crippen LogP contribution >= 0.6 is 0 Å². The summed E-state index contributed by atoms with van der Waals surface area (Å²) in [5.74, 6) is -3.25. The maximum Gasteiger partial charge on any atom is 0.315 e. The van der Waals surface area contributed by atoms with E-state index in [-0.39, 0.29) is 102 Å². The number of hydrogen-bond donors (Lipinski definition) is 2. The molecular weight excluding hydrogens is 915 g/mol. The Morgan fingerprint density at radius 3 is 1.40 bits per heavy atom. The summed E-state index contributed by atoms with van der Waals surface area (Å²) in [4.78, 5) is 32.4. The number of aromatic nitrogens is 4. The van der Waals surface area contributed by atoms with Gasteiger partial charge in [0.2, 0.25) is 31.9 Å². The number of amides is 2. The summed E-state index contributed by atoms with van der Waals surface area (Å²) in [6, 6.07) is 9.13. The smallest absolute Gasteiger partial charge is 0.315 e. The summed E-state index contributed by atoms with van der Waals surface area (Å²) < 4.78 is 113. The summed E-state index contributed by atoms with van der Waals surface area (Å²) >= 11 is 0. The number of hydrogen-bond acceptors (Lipinski definition) is 9. The SMILES string of the molecule is CC(C)(C)c1nc2cc(S(=O)(=O)N3CC(N=O)C3)ccc2n1CC1CCC(F)(F)CC1.CC(C)(C)c1nc2cc(S(=O)(=O)N3CC(NC(=O)NC4CC4)C3)ccc2n1CC1CCC(F)(F)CC1. The lowest BCUT2D eigenvalue weighted by molar-refractivity contribution is -0.0478. The number of imidazole rings is 2. The fourth-order valence-corrected chi connectivity index (χ4v) is 12.6. The highest BCUT2D eigenvalue weighted by atomic mass is 32.2. The molecule has 2 amide bonds. The number of rotatable bonds is 11. The van der Waals surface area contributed by atoms with Crippen molar-refractivity contribution in [1.29, 1.82) is 0 Å². The van der Waals surface area contributed by atoms with E-state index in [0.29, 0.717) is 49.8 Å². The van der Waals surface area contributed by atoms with Gasteiger partial charge in [-0.15, -0.1) is 0 Å². The van der Waals surface area contributed by atoms with Crippen LogP contribution in [0.1, 0.15) is 117 Å². The lowest BCUT2D eigenvalue weighted by Crippen LogP contribution is -2.62. The minimum Gasteiger partial charge on any atom is -0.335 e. The summed E-state index contributed by atoms with van der Waals surface area (Å²) in [6.45, 7) is 14.1. The van der Waals surface area contributed by atoms with E-state index in [0.717, 1.165) is 35.5 Å². The Morgan fingerprint density at radius 1 is 0.642 bits per heavy atom. The third-order valence-electron chi connectivity index (χ3n) is 13.7. The number of carbonyl (C=O) groups excluding carboxylic acids is 1. The van der Waals surface area contributed by atoms with Gasteiger partial charge in [0.15, 0.2) is 0 Å². The molecule has 4 heterocycles. The van der Waals surface area contributed by atoms with Gasteiger partial charge >= 0.3 is 6.03 Å². The van der Waals surface area contributed by atoms with Crippen LogP contribution in [-0.4, -0.2) is 107 Å². The molecule has 5 fully saturated rings. The van der Waals surface area contributed by atoms with Crippen LogP contribution in [0.5, 0.6) is 0 Å². The van der Waals surface area contributed by atoms with Crippen LogP contribution in [-0.2, 0) is 44.0 Å². The largest absolute Gasteiger partial charge is 0.335 e. The number of fused-ring (bicyclic) bond motifs is 2. The topological polar surface area (TPSA) is 181 Å². The van der Waals surface area contributed by atoms with Crippen molar-refractivity contribution in [3.8, 4) is 0 Å². The zero-order valence-electron chi connectivity index (χ0n) is 39.1. The Balaban J connectivity index is 0.000000184. The molecule has 0 bridgehead atoms. The van der Waals surface area contributed by atoms with Gasteiger partial charge in [0, 0.05) is 81.8 Å². The quantitative estimate of drug-likeness (QED) is 0.111. The zero-order valence-corrected chi connectivity index (χ0v) is 40.7. The standard InChI is InChI=1S/C25H35F2N5O3S.C21H28F2N4O3S/c1-24(2,3)22-30-20-12-19(6-7-21(20)32(22)13-16-8-10-25(26,27)11-9-16)36(34,35)31-14-18(15-31)29-23(33)28-17-4-5-17;1-20(2,3)19-24-17-10-16(31(29,30)26-12-15(13-26)25-28)4-5-18(17)27(19)11-14-6-8-21(22,23)9-7-14/h6-7,12,16-18H,4-5,8-11,13-15H2,1-3H3,(H2,28,29,33);4-5,10,14-15H,6-9,11-13H2,1-3H3. The third kappa shape index (κ3) is 10.8. The summed E-state index contributed by atoms with van der Waals surface area (Å²) in [6.07, 6.45) is 3.46. The number of halogens is 4. The Hall–Kier alpha value is -4.21. The first kappa shape index (κ1) is 49.2. The number of urea groups is 1. The highest BCUT2D eigenvalue weighted by Gasteiger charge is 2.41. The summed E-state index contributed by atoms with van der Waals surface area (Å²) in [5, 5.41) is 8.56. The fourth-order valence-electron chi connectivity index (χ4n) is 9.48. The van der Waals surface area contributed by atoms with Gasteiger partial charge in [-0.25, -0.2) is 49.2 Å². The molecule has 2 aliphatic heterocycles. The molecule has 0 spiro atoms. The number of sulfonamides is 2. The van der Waals surface area contributed by atoms with Crippen LogP contribution < -0.4 is 10.6 Å². The average Bonchev–Trinajstić information content (AvgIpc) is 3.82. The van der Waals surface area contributed by atoms with E-state index in [2.05, 4.69) is 24.9 Å². The average molecular weight is 978 g/mol. The van der Waals surface area contributed by atoms with Gasteiger partial charge < -0.3 is 19.8 Å². The van der Waals surface area contributed by atoms with Gasteiger partial charge in [-0.3, -0.25) is 0 Å². The second kappa shape index (κ2) is 17.9. The van der Waals surface area contributed by atoms with Gasteiger partial charge in [0.25, 0.3) is 0 Å². The Morgan fingerprint density at radius 2 is 1.03 bits per heavy atom.